The molecule has 0 aromatic heterocycles. The summed E-state index contributed by atoms with van der Waals surface area (Å²) < 4.78 is 5.47. The molecule has 2 heterocycles. The number of benzene rings is 3. The third-order valence-corrected chi connectivity index (χ3v) is 6.60. The number of aromatic hydroxyl groups is 1. The van der Waals surface area contributed by atoms with E-state index >= 15 is 0 Å². The lowest BCUT2D eigenvalue weighted by Crippen LogP contribution is -2.42. The number of methoxy groups -OCH3 is 1. The van der Waals surface area contributed by atoms with E-state index in [-0.39, 0.29) is 35.7 Å². The van der Waals surface area contributed by atoms with Crippen LogP contribution in [0.3, 0.4) is 0 Å². The molecule has 0 spiro atoms. The number of likely N-dealkylation sites (tertiary alicyclic amines) is 1. The zero-order valence-corrected chi connectivity index (χ0v) is 17.9. The van der Waals surface area contributed by atoms with Crippen molar-refractivity contribution in [3.8, 4) is 11.5 Å². The topological polar surface area (TPSA) is 73.8 Å². The maximum absolute atomic E-state index is 13.5. The van der Waals surface area contributed by atoms with Crippen molar-refractivity contribution in [2.75, 3.05) is 13.7 Å². The summed E-state index contributed by atoms with van der Waals surface area (Å²) in [5.74, 6) is 0.981. The molecule has 2 fully saturated rings. The standard InChI is InChI=1S/C26H27N3O3/c1-32-19-11-7-10-18(16-19)25-22-23(20-12-5-6-13-21(20)30)27-28-24(22)26(31)29(25)15-14-17-8-3-2-4-9-17/h2-13,16,22-25,27-28,30H,14-15H2,1H3. The molecule has 3 aromatic rings. The summed E-state index contributed by atoms with van der Waals surface area (Å²) in [4.78, 5) is 15.5. The number of nitrogens with one attached hydrogen (secondary N) is 2. The predicted octanol–water partition coefficient (Wildman–Crippen LogP) is 3.36. The van der Waals surface area contributed by atoms with E-state index in [0.717, 1.165) is 23.3 Å². The lowest BCUT2D eigenvalue weighted by atomic mass is 9.83. The highest BCUT2D eigenvalue weighted by molar-refractivity contribution is 5.86. The Morgan fingerprint density at radius 1 is 0.938 bits per heavy atom. The fraction of sp³-hybridized carbons (Fsp3) is 0.269. The highest BCUT2D eigenvalue weighted by Crippen LogP contribution is 2.48. The van der Waals surface area contributed by atoms with E-state index in [2.05, 4.69) is 29.1 Å². The van der Waals surface area contributed by atoms with Crippen molar-refractivity contribution in [2.45, 2.75) is 24.5 Å². The van der Waals surface area contributed by atoms with E-state index in [9.17, 15) is 9.90 Å². The van der Waals surface area contributed by atoms with Crippen LogP contribution in [-0.4, -0.2) is 35.6 Å². The van der Waals surface area contributed by atoms with Crippen LogP contribution in [0.5, 0.6) is 11.5 Å². The summed E-state index contributed by atoms with van der Waals surface area (Å²) in [5, 5.41) is 10.5. The van der Waals surface area contributed by atoms with Crippen LogP contribution >= 0.6 is 0 Å². The molecular formula is C26H27N3O3. The SMILES string of the molecule is COc1cccc(C2C3C(NNC3c3ccccc3O)C(=O)N2CCc2ccccc2)c1. The Labute approximate surface area is 187 Å². The molecule has 4 unspecified atom stereocenters. The van der Waals surface area contributed by atoms with Gasteiger partial charge in [-0.3, -0.25) is 4.79 Å². The number of hydrazine groups is 1. The monoisotopic (exact) mass is 429 g/mol. The van der Waals surface area contributed by atoms with E-state index in [4.69, 9.17) is 4.74 Å². The minimum atomic E-state index is -0.369. The van der Waals surface area contributed by atoms with Gasteiger partial charge >= 0.3 is 0 Å². The van der Waals surface area contributed by atoms with Gasteiger partial charge in [-0.1, -0.05) is 60.7 Å². The van der Waals surface area contributed by atoms with Gasteiger partial charge in [-0.15, -0.1) is 0 Å². The molecule has 0 radical (unpaired) electrons. The third-order valence-electron chi connectivity index (χ3n) is 6.60. The average molecular weight is 430 g/mol. The lowest BCUT2D eigenvalue weighted by Gasteiger charge is -2.31. The van der Waals surface area contributed by atoms with Crippen LogP contribution in [0.4, 0.5) is 0 Å². The minimum absolute atomic E-state index is 0.0733. The average Bonchev–Trinajstić information content (AvgIpc) is 3.37. The van der Waals surface area contributed by atoms with Gasteiger partial charge in [0.25, 0.3) is 0 Å². The Bertz CT molecular complexity index is 1100. The summed E-state index contributed by atoms with van der Waals surface area (Å²) in [6.45, 7) is 0.618. The number of rotatable bonds is 6. The fourth-order valence-electron chi connectivity index (χ4n) is 5.09. The van der Waals surface area contributed by atoms with Crippen molar-refractivity contribution in [1.82, 2.24) is 15.8 Å². The molecule has 6 nitrogen and oxygen atoms in total. The second-order valence-corrected chi connectivity index (χ2v) is 8.37. The van der Waals surface area contributed by atoms with Gasteiger partial charge in [-0.05, 0) is 35.7 Å². The van der Waals surface area contributed by atoms with Crippen LogP contribution in [-0.2, 0) is 11.2 Å². The van der Waals surface area contributed by atoms with Crippen molar-refractivity contribution in [2.24, 2.45) is 5.92 Å². The smallest absolute Gasteiger partial charge is 0.242 e. The number of ether oxygens (including phenoxy) is 1. The highest BCUT2D eigenvalue weighted by Gasteiger charge is 2.55. The van der Waals surface area contributed by atoms with Crippen LogP contribution < -0.4 is 15.6 Å². The van der Waals surface area contributed by atoms with Gasteiger partial charge in [0, 0.05) is 18.0 Å². The zero-order valence-electron chi connectivity index (χ0n) is 17.9. The van der Waals surface area contributed by atoms with Gasteiger partial charge in [0.1, 0.15) is 17.5 Å². The first-order chi connectivity index (χ1) is 15.7. The number of hydrogen-bond acceptors (Lipinski definition) is 5. The maximum Gasteiger partial charge on any atom is 0.242 e. The Hall–Kier alpha value is -3.35. The molecule has 2 aliphatic rings. The number of carbonyl (C=O) groups excluding carboxylic acids is 1. The first kappa shape index (κ1) is 20.5. The lowest BCUT2D eigenvalue weighted by molar-refractivity contribution is -0.130. The molecule has 164 valence electrons. The Balaban J connectivity index is 1.53. The zero-order chi connectivity index (χ0) is 22.1. The van der Waals surface area contributed by atoms with E-state index < -0.39 is 0 Å². The van der Waals surface area contributed by atoms with Crippen molar-refractivity contribution in [3.63, 3.8) is 0 Å². The molecule has 0 saturated carbocycles. The Morgan fingerprint density at radius 3 is 2.47 bits per heavy atom. The van der Waals surface area contributed by atoms with Gasteiger partial charge < -0.3 is 14.7 Å². The second-order valence-electron chi connectivity index (χ2n) is 8.37. The molecule has 1 amide bonds. The number of fused-ring (bicyclic) bond motifs is 1. The quantitative estimate of drug-likeness (QED) is 0.560. The van der Waals surface area contributed by atoms with Crippen molar-refractivity contribution < 1.29 is 14.6 Å². The van der Waals surface area contributed by atoms with Gasteiger partial charge in [0.15, 0.2) is 0 Å². The molecular weight excluding hydrogens is 402 g/mol. The number of carbonyl (C=O) groups is 1. The fourth-order valence-corrected chi connectivity index (χ4v) is 5.09. The Kier molecular flexibility index (Phi) is 5.55. The summed E-state index contributed by atoms with van der Waals surface area (Å²) >= 11 is 0. The predicted molar refractivity (Wildman–Crippen MR) is 122 cm³/mol. The van der Waals surface area contributed by atoms with Crippen LogP contribution in [0.15, 0.2) is 78.9 Å². The van der Waals surface area contributed by atoms with Gasteiger partial charge in [0.2, 0.25) is 5.91 Å². The highest BCUT2D eigenvalue weighted by atomic mass is 16.5. The first-order valence-electron chi connectivity index (χ1n) is 10.9. The molecule has 0 bridgehead atoms. The molecule has 32 heavy (non-hydrogen) atoms. The second kappa shape index (κ2) is 8.65. The number of phenols is 1. The molecule has 3 N–H and O–H groups in total. The van der Waals surface area contributed by atoms with E-state index in [0.29, 0.717) is 6.54 Å². The largest absolute Gasteiger partial charge is 0.508 e. The molecule has 2 saturated heterocycles. The van der Waals surface area contributed by atoms with E-state index in [1.165, 1.54) is 5.56 Å². The number of hydrogen-bond donors (Lipinski definition) is 3. The number of amides is 1. The minimum Gasteiger partial charge on any atom is -0.508 e. The summed E-state index contributed by atoms with van der Waals surface area (Å²) in [6, 6.07) is 24.8. The number of nitrogens with zero attached hydrogens (tertiary/aromatic N) is 1. The normalized spacial score (nSPS) is 24.5. The maximum atomic E-state index is 13.5. The molecule has 5 rings (SSSR count). The van der Waals surface area contributed by atoms with Gasteiger partial charge in [-0.25, -0.2) is 10.9 Å². The summed E-state index contributed by atoms with van der Waals surface area (Å²) in [6.07, 6.45) is 0.779. The van der Waals surface area contributed by atoms with Crippen LogP contribution in [0.2, 0.25) is 0 Å². The van der Waals surface area contributed by atoms with Crippen molar-refractivity contribution >= 4 is 5.91 Å². The summed E-state index contributed by atoms with van der Waals surface area (Å²) in [7, 11) is 1.65. The molecule has 2 aliphatic heterocycles. The molecule has 0 aliphatic carbocycles. The van der Waals surface area contributed by atoms with Crippen LogP contribution in [0.25, 0.3) is 0 Å². The van der Waals surface area contributed by atoms with E-state index in [1.54, 1.807) is 13.2 Å². The van der Waals surface area contributed by atoms with Crippen molar-refractivity contribution in [1.29, 1.82) is 0 Å². The Morgan fingerprint density at radius 2 is 1.69 bits per heavy atom. The van der Waals surface area contributed by atoms with Crippen molar-refractivity contribution in [3.05, 3.63) is 95.6 Å². The third kappa shape index (κ3) is 3.61. The number of phenolic OH excluding ortho intramolecular Hbond substituents is 1. The van der Waals surface area contributed by atoms with Crippen LogP contribution in [0.1, 0.15) is 28.8 Å². The van der Waals surface area contributed by atoms with Gasteiger partial charge in [0.05, 0.1) is 19.2 Å². The van der Waals surface area contributed by atoms with Crippen LogP contribution in [0, 0.1) is 5.92 Å². The van der Waals surface area contributed by atoms with Gasteiger partial charge in [-0.2, -0.15) is 0 Å². The molecule has 6 heteroatoms. The first-order valence-corrected chi connectivity index (χ1v) is 10.9. The van der Waals surface area contributed by atoms with E-state index in [1.807, 2.05) is 59.5 Å². The molecule has 3 aromatic carbocycles. The summed E-state index contributed by atoms with van der Waals surface area (Å²) in [5.41, 5.74) is 9.52. The number of para-hydroxylation sites is 1. The molecule has 4 atom stereocenters.